The molecule has 228 valence electrons. The number of rotatable bonds is 6. The number of H-pyrrole nitrogens is 1. The van der Waals surface area contributed by atoms with Crippen molar-refractivity contribution in [1.82, 2.24) is 9.30 Å². The fraction of sp³-hybridized carbons (Fsp3) is 0.103. The van der Waals surface area contributed by atoms with Crippen molar-refractivity contribution in [2.75, 3.05) is 7.11 Å². The normalized spacial score (nSPS) is 11.8. The predicted molar refractivity (Wildman–Crippen MR) is 154 cm³/mol. The van der Waals surface area contributed by atoms with E-state index in [2.05, 4.69) is 9.68 Å². The molecule has 0 aliphatic rings. The SMILES string of the molecule is COc1cc2c(cc1OCc1ccccc1)c(=O)on2S(=O)(=O)c1ccc(C(F)(F)F)c(Cl)c1.O=c1o[nH]c2ccccc12. The van der Waals surface area contributed by atoms with Gasteiger partial charge in [0.05, 0.1) is 38.9 Å². The maximum Gasteiger partial charge on any atom is 0.417 e. The summed E-state index contributed by atoms with van der Waals surface area (Å²) < 4.78 is 85.9. The van der Waals surface area contributed by atoms with Gasteiger partial charge in [-0.25, -0.2) is 14.7 Å². The van der Waals surface area contributed by atoms with Crippen LogP contribution >= 0.6 is 11.6 Å². The van der Waals surface area contributed by atoms with Crippen LogP contribution in [0.2, 0.25) is 5.02 Å². The highest BCUT2D eigenvalue weighted by Crippen LogP contribution is 2.37. The molecule has 0 spiro atoms. The highest BCUT2D eigenvalue weighted by Gasteiger charge is 2.34. The van der Waals surface area contributed by atoms with Gasteiger partial charge in [0.25, 0.3) is 10.0 Å². The van der Waals surface area contributed by atoms with E-state index in [1.807, 2.05) is 36.4 Å². The lowest BCUT2D eigenvalue weighted by molar-refractivity contribution is -0.137. The van der Waals surface area contributed by atoms with Gasteiger partial charge in [-0.05, 0) is 35.9 Å². The van der Waals surface area contributed by atoms with Gasteiger partial charge in [-0.15, -0.1) is 0 Å². The van der Waals surface area contributed by atoms with Crippen LogP contribution < -0.4 is 20.7 Å². The van der Waals surface area contributed by atoms with Crippen LogP contribution in [0.3, 0.4) is 0 Å². The highest BCUT2D eigenvalue weighted by atomic mass is 35.5. The number of alkyl halides is 3. The Bertz CT molecular complexity index is 2190. The van der Waals surface area contributed by atoms with Gasteiger partial charge in [-0.1, -0.05) is 58.2 Å². The molecule has 44 heavy (non-hydrogen) atoms. The Morgan fingerprint density at radius 2 is 1.59 bits per heavy atom. The van der Waals surface area contributed by atoms with Crippen LogP contribution in [-0.4, -0.2) is 24.8 Å². The van der Waals surface area contributed by atoms with E-state index in [0.29, 0.717) is 21.7 Å². The molecule has 2 heterocycles. The number of nitrogens with zero attached hydrogens (tertiary/aromatic N) is 1. The zero-order chi connectivity index (χ0) is 31.6. The van der Waals surface area contributed by atoms with Crippen molar-refractivity contribution in [1.29, 1.82) is 0 Å². The summed E-state index contributed by atoms with van der Waals surface area (Å²) in [4.78, 5) is 22.6. The number of ether oxygens (including phenoxy) is 2. The van der Waals surface area contributed by atoms with Crippen LogP contribution in [0.5, 0.6) is 11.5 Å². The lowest BCUT2D eigenvalue weighted by atomic mass is 10.2. The second-order valence-electron chi connectivity index (χ2n) is 9.08. The lowest BCUT2D eigenvalue weighted by Crippen LogP contribution is -2.14. The molecule has 0 bridgehead atoms. The van der Waals surface area contributed by atoms with E-state index < -0.39 is 37.3 Å². The van der Waals surface area contributed by atoms with E-state index in [1.54, 1.807) is 18.2 Å². The van der Waals surface area contributed by atoms with Gasteiger partial charge in [-0.3, -0.25) is 0 Å². The Morgan fingerprint density at radius 1 is 0.886 bits per heavy atom. The lowest BCUT2D eigenvalue weighted by Gasteiger charge is -2.12. The Labute approximate surface area is 250 Å². The topological polar surface area (TPSA) is 134 Å². The Balaban J connectivity index is 0.000000322. The second-order valence-corrected chi connectivity index (χ2v) is 11.2. The van der Waals surface area contributed by atoms with Crippen LogP contribution in [0.25, 0.3) is 21.8 Å². The van der Waals surface area contributed by atoms with Crippen molar-refractivity contribution < 1.29 is 40.1 Å². The molecule has 6 rings (SSSR count). The van der Waals surface area contributed by atoms with E-state index in [9.17, 15) is 31.2 Å². The predicted octanol–water partition coefficient (Wildman–Crippen LogP) is 6.21. The maximum atomic E-state index is 13.1. The van der Waals surface area contributed by atoms with Crippen LogP contribution in [0, 0.1) is 0 Å². The average Bonchev–Trinajstić information content (AvgIpc) is 3.55. The third kappa shape index (κ3) is 6.07. The molecule has 4 aromatic carbocycles. The highest BCUT2D eigenvalue weighted by molar-refractivity contribution is 7.90. The molecule has 0 radical (unpaired) electrons. The van der Waals surface area contributed by atoms with Gasteiger partial charge in [0, 0.05) is 12.1 Å². The first-order valence-electron chi connectivity index (χ1n) is 12.5. The van der Waals surface area contributed by atoms with E-state index in [1.165, 1.54) is 19.2 Å². The monoisotopic (exact) mass is 648 g/mol. The quantitative estimate of drug-likeness (QED) is 0.225. The Morgan fingerprint density at radius 3 is 2.25 bits per heavy atom. The molecule has 0 atom stereocenters. The van der Waals surface area contributed by atoms with Gasteiger partial charge in [0.2, 0.25) is 0 Å². The average molecular weight is 649 g/mol. The fourth-order valence-corrected chi connectivity index (χ4v) is 5.74. The number of hydrogen-bond donors (Lipinski definition) is 1. The number of nitrogens with one attached hydrogen (secondary N) is 1. The molecule has 2 aromatic heterocycles. The number of hydrogen-bond acceptors (Lipinski definition) is 8. The summed E-state index contributed by atoms with van der Waals surface area (Å²) in [6.07, 6.45) is -4.77. The molecular weight excluding hydrogens is 629 g/mol. The van der Waals surface area contributed by atoms with Crippen molar-refractivity contribution in [3.63, 3.8) is 0 Å². The van der Waals surface area contributed by atoms with Gasteiger partial charge in [-0.2, -0.15) is 21.6 Å². The third-order valence-electron chi connectivity index (χ3n) is 6.26. The van der Waals surface area contributed by atoms with Crippen LogP contribution in [-0.2, 0) is 22.8 Å². The van der Waals surface area contributed by atoms with Crippen LogP contribution in [0.1, 0.15) is 11.1 Å². The number of halogens is 4. The molecule has 10 nitrogen and oxygen atoms in total. The first-order chi connectivity index (χ1) is 20.9. The van der Waals surface area contributed by atoms with Gasteiger partial charge in [0.15, 0.2) is 11.5 Å². The minimum atomic E-state index is -4.77. The van der Waals surface area contributed by atoms with E-state index in [0.717, 1.165) is 17.1 Å². The first kappa shape index (κ1) is 30.5. The zero-order valence-electron chi connectivity index (χ0n) is 22.4. The van der Waals surface area contributed by atoms with Crippen molar-refractivity contribution in [3.8, 4) is 11.5 Å². The number of aromatic amines is 1. The molecule has 0 saturated carbocycles. The summed E-state index contributed by atoms with van der Waals surface area (Å²) in [5.41, 5.74) is -1.11. The molecule has 0 aliphatic heterocycles. The Kier molecular flexibility index (Phi) is 8.30. The van der Waals surface area contributed by atoms with Gasteiger partial charge < -0.3 is 18.5 Å². The summed E-state index contributed by atoms with van der Waals surface area (Å²) in [5, 5.41) is 2.15. The standard InChI is InChI=1S/C22H15ClF3NO6S.C7H5NO2/c1-31-19-11-18-15(10-20(19)32-12-13-5-3-2-4-6-13)21(28)33-27(18)34(29,30)14-7-8-16(17(23)9-14)22(24,25)26;9-7-5-3-1-2-4-6(5)8-10-7/h2-11H,12H2,1H3;1-4,8H. The molecule has 0 unspecified atom stereocenters. The molecule has 0 saturated heterocycles. The fourth-order valence-electron chi connectivity index (χ4n) is 4.11. The molecular formula is C29H20ClF3N2O8S. The number of para-hydroxylation sites is 1. The van der Waals surface area contributed by atoms with Crippen molar-refractivity contribution in [3.05, 3.63) is 122 Å². The number of aromatic nitrogens is 2. The van der Waals surface area contributed by atoms with Gasteiger partial charge >= 0.3 is 17.4 Å². The van der Waals surface area contributed by atoms with Crippen molar-refractivity contribution in [2.24, 2.45) is 0 Å². The van der Waals surface area contributed by atoms with E-state index in [4.69, 9.17) is 25.6 Å². The van der Waals surface area contributed by atoms with Gasteiger partial charge in [0.1, 0.15) is 12.1 Å². The number of fused-ring (bicyclic) bond motifs is 2. The smallest absolute Gasteiger partial charge is 0.417 e. The number of methoxy groups -OCH3 is 1. The minimum absolute atomic E-state index is 0.110. The largest absolute Gasteiger partial charge is 0.493 e. The molecule has 6 aromatic rings. The molecule has 15 heteroatoms. The maximum absolute atomic E-state index is 13.1. The summed E-state index contributed by atoms with van der Waals surface area (Å²) in [5.74, 6) is 0.275. The summed E-state index contributed by atoms with van der Waals surface area (Å²) >= 11 is 5.66. The molecule has 1 N–H and O–H groups in total. The van der Waals surface area contributed by atoms with Crippen molar-refractivity contribution >= 4 is 43.4 Å². The summed E-state index contributed by atoms with van der Waals surface area (Å²) in [7, 11) is -3.30. The first-order valence-corrected chi connectivity index (χ1v) is 14.3. The van der Waals surface area contributed by atoms with Crippen LogP contribution in [0.15, 0.2) is 108 Å². The summed E-state index contributed by atoms with van der Waals surface area (Å²) in [6.45, 7) is 0.150. The second kappa shape index (κ2) is 12.0. The number of benzene rings is 4. The zero-order valence-corrected chi connectivity index (χ0v) is 24.0. The van der Waals surface area contributed by atoms with E-state index in [-0.39, 0.29) is 34.6 Å². The molecule has 0 amide bonds. The van der Waals surface area contributed by atoms with Crippen LogP contribution in [0.4, 0.5) is 13.2 Å². The Hall–Kier alpha value is -4.95. The molecule has 0 fully saturated rings. The van der Waals surface area contributed by atoms with E-state index >= 15 is 0 Å². The third-order valence-corrected chi connectivity index (χ3v) is 8.13. The summed E-state index contributed by atoms with van der Waals surface area (Å²) in [6, 6.07) is 20.7. The van der Waals surface area contributed by atoms with Crippen molar-refractivity contribution in [2.45, 2.75) is 17.7 Å². The molecule has 0 aliphatic carbocycles. The minimum Gasteiger partial charge on any atom is -0.493 e.